The lowest BCUT2D eigenvalue weighted by molar-refractivity contribution is -0.136. The predicted octanol–water partition coefficient (Wildman–Crippen LogP) is 3.09. The molecule has 1 aliphatic rings. The fourth-order valence-electron chi connectivity index (χ4n) is 3.21. The molecule has 10 heteroatoms. The van der Waals surface area contributed by atoms with Crippen LogP contribution in [0.1, 0.15) is 30.9 Å². The van der Waals surface area contributed by atoms with E-state index in [0.717, 1.165) is 4.90 Å². The molecule has 1 aliphatic heterocycles. The highest BCUT2D eigenvalue weighted by molar-refractivity contribution is 6.01. The van der Waals surface area contributed by atoms with E-state index in [9.17, 15) is 27.6 Å². The number of imide groups is 1. The Labute approximate surface area is 163 Å². The predicted molar refractivity (Wildman–Crippen MR) is 96.7 cm³/mol. The zero-order chi connectivity index (χ0) is 21.2. The van der Waals surface area contributed by atoms with E-state index < -0.39 is 23.4 Å². The van der Waals surface area contributed by atoms with Crippen LogP contribution < -0.4 is 15.7 Å². The first-order valence-electron chi connectivity index (χ1n) is 9.10. The Bertz CT molecular complexity index is 984. The third-order valence-electron chi connectivity index (χ3n) is 4.50. The number of ether oxygens (including phenoxy) is 1. The monoisotopic (exact) mass is 412 g/mol. The van der Waals surface area contributed by atoms with Gasteiger partial charge in [-0.25, -0.2) is 9.59 Å². The normalized spacial score (nSPS) is 14.6. The molecular weight excluding hydrogens is 393 g/mol. The van der Waals surface area contributed by atoms with Crippen molar-refractivity contribution in [1.82, 2.24) is 10.2 Å². The van der Waals surface area contributed by atoms with Crippen LogP contribution in [0.4, 0.5) is 18.0 Å². The fraction of sp³-hybridized carbons (Fsp3) is 0.421. The summed E-state index contributed by atoms with van der Waals surface area (Å²) in [6, 6.07) is 2.61. The molecule has 1 N–H and O–H groups in total. The smallest absolute Gasteiger partial charge is 0.417 e. The number of nitrogens with zero attached hydrogens (tertiary/aromatic N) is 1. The van der Waals surface area contributed by atoms with Gasteiger partial charge in [-0.2, -0.15) is 13.2 Å². The topological polar surface area (TPSA) is 88.9 Å². The van der Waals surface area contributed by atoms with Crippen LogP contribution in [0.3, 0.4) is 0 Å². The van der Waals surface area contributed by atoms with Gasteiger partial charge in [-0.3, -0.25) is 9.69 Å². The molecule has 3 amide bonds. The zero-order valence-electron chi connectivity index (χ0n) is 15.6. The third-order valence-corrected chi connectivity index (χ3v) is 4.50. The highest BCUT2D eigenvalue weighted by Crippen LogP contribution is 2.37. The van der Waals surface area contributed by atoms with Gasteiger partial charge in [0.2, 0.25) is 5.91 Å². The molecule has 0 spiro atoms. The van der Waals surface area contributed by atoms with Crippen molar-refractivity contribution >= 4 is 22.9 Å². The maximum absolute atomic E-state index is 13.3. The van der Waals surface area contributed by atoms with Crippen LogP contribution in [0.5, 0.6) is 5.75 Å². The minimum Gasteiger partial charge on any atom is -0.493 e. The van der Waals surface area contributed by atoms with Crippen LogP contribution in [-0.4, -0.2) is 36.5 Å². The van der Waals surface area contributed by atoms with Crippen molar-refractivity contribution in [2.24, 2.45) is 0 Å². The summed E-state index contributed by atoms with van der Waals surface area (Å²) in [5.41, 5.74) is -1.90. The zero-order valence-corrected chi connectivity index (χ0v) is 15.6. The summed E-state index contributed by atoms with van der Waals surface area (Å²) in [6.45, 7) is 2.09. The van der Waals surface area contributed by atoms with Gasteiger partial charge in [0.25, 0.3) is 0 Å². The first-order valence-corrected chi connectivity index (χ1v) is 9.10. The Morgan fingerprint density at radius 3 is 2.62 bits per heavy atom. The second-order valence-electron chi connectivity index (χ2n) is 6.55. The number of hydrogen-bond acceptors (Lipinski definition) is 5. The van der Waals surface area contributed by atoms with Crippen LogP contribution in [-0.2, 0) is 17.4 Å². The van der Waals surface area contributed by atoms with Gasteiger partial charge in [-0.05, 0) is 25.0 Å². The number of amides is 3. The summed E-state index contributed by atoms with van der Waals surface area (Å²) < 4.78 is 50.7. The number of urea groups is 1. The van der Waals surface area contributed by atoms with E-state index in [0.29, 0.717) is 36.6 Å². The molecule has 3 rings (SSSR count). The maximum atomic E-state index is 13.3. The van der Waals surface area contributed by atoms with E-state index in [1.807, 2.05) is 6.92 Å². The number of aryl methyl sites for hydroxylation is 1. The van der Waals surface area contributed by atoms with Crippen LogP contribution in [0.15, 0.2) is 27.4 Å². The molecule has 2 aromatic rings. The van der Waals surface area contributed by atoms with Gasteiger partial charge in [0, 0.05) is 23.6 Å². The van der Waals surface area contributed by atoms with Crippen LogP contribution >= 0.6 is 0 Å². The summed E-state index contributed by atoms with van der Waals surface area (Å²) in [5.74, 6) is -0.0205. The molecule has 7 nitrogen and oxygen atoms in total. The summed E-state index contributed by atoms with van der Waals surface area (Å²) in [5, 5.41) is 2.21. The van der Waals surface area contributed by atoms with E-state index in [-0.39, 0.29) is 36.6 Å². The molecule has 1 aromatic carbocycles. The van der Waals surface area contributed by atoms with Gasteiger partial charge in [0.05, 0.1) is 18.7 Å². The van der Waals surface area contributed by atoms with E-state index >= 15 is 0 Å². The summed E-state index contributed by atoms with van der Waals surface area (Å²) in [6.07, 6.45) is -3.40. The molecule has 0 bridgehead atoms. The number of hydrogen-bond donors (Lipinski definition) is 1. The number of carbonyl (C=O) groups is 2. The van der Waals surface area contributed by atoms with Gasteiger partial charge in [0.15, 0.2) is 0 Å². The Hall–Kier alpha value is -3.04. The number of benzene rings is 1. The van der Waals surface area contributed by atoms with Crippen LogP contribution in [0, 0.1) is 0 Å². The molecule has 0 atom stereocenters. The molecule has 1 aromatic heterocycles. The van der Waals surface area contributed by atoms with Crippen molar-refractivity contribution in [3.8, 4) is 5.75 Å². The van der Waals surface area contributed by atoms with Gasteiger partial charge in [-0.15, -0.1) is 0 Å². The van der Waals surface area contributed by atoms with E-state index in [1.54, 1.807) is 0 Å². The highest BCUT2D eigenvalue weighted by Gasteiger charge is 2.34. The maximum Gasteiger partial charge on any atom is 0.417 e. The summed E-state index contributed by atoms with van der Waals surface area (Å²) in [4.78, 5) is 35.8. The lowest BCUT2D eigenvalue weighted by Crippen LogP contribution is -2.32. The molecule has 29 heavy (non-hydrogen) atoms. The molecule has 1 saturated heterocycles. The number of carbonyl (C=O) groups excluding carboxylic acids is 2. The summed E-state index contributed by atoms with van der Waals surface area (Å²) in [7, 11) is 0. The molecular formula is C19H19F3N2O5. The second-order valence-corrected chi connectivity index (χ2v) is 6.55. The van der Waals surface area contributed by atoms with Crippen LogP contribution in [0.25, 0.3) is 11.0 Å². The van der Waals surface area contributed by atoms with Crippen molar-refractivity contribution in [2.75, 3.05) is 19.7 Å². The van der Waals surface area contributed by atoms with Crippen LogP contribution in [0.2, 0.25) is 0 Å². The minimum atomic E-state index is -4.69. The van der Waals surface area contributed by atoms with Crippen molar-refractivity contribution in [2.45, 2.75) is 32.4 Å². The first-order chi connectivity index (χ1) is 13.7. The standard InChI is InChI=1S/C19H19F3N2O5/c1-2-4-12-14(28-8-3-7-24-15(25)10-23-18(24)27)6-5-11-13(19(20,21)22)9-16(26)29-17(11)12/h5-6,9H,2-4,7-8,10H2,1H3,(H,23,27). The van der Waals surface area contributed by atoms with Gasteiger partial charge in [0.1, 0.15) is 11.3 Å². The SMILES string of the molecule is CCCc1c(OCCCN2C(=O)CNC2=O)ccc2c(C(F)(F)F)cc(=O)oc12. The minimum absolute atomic E-state index is 0.0361. The Morgan fingerprint density at radius 1 is 1.24 bits per heavy atom. The van der Waals surface area contributed by atoms with Gasteiger partial charge < -0.3 is 14.5 Å². The van der Waals surface area contributed by atoms with Crippen molar-refractivity contribution in [3.05, 3.63) is 39.7 Å². The number of nitrogens with one attached hydrogen (secondary N) is 1. The quantitative estimate of drug-likeness (QED) is 0.429. The largest absolute Gasteiger partial charge is 0.493 e. The average Bonchev–Trinajstić information content (AvgIpc) is 2.97. The van der Waals surface area contributed by atoms with E-state index in [2.05, 4.69) is 5.32 Å². The molecule has 0 saturated carbocycles. The van der Waals surface area contributed by atoms with Crippen molar-refractivity contribution in [3.63, 3.8) is 0 Å². The number of halogens is 3. The van der Waals surface area contributed by atoms with E-state index in [4.69, 9.17) is 9.15 Å². The van der Waals surface area contributed by atoms with Crippen molar-refractivity contribution < 1.29 is 31.9 Å². The second kappa shape index (κ2) is 8.14. The molecule has 156 valence electrons. The Kier molecular flexibility index (Phi) is 5.81. The number of rotatable bonds is 7. The Balaban J connectivity index is 1.84. The van der Waals surface area contributed by atoms with Gasteiger partial charge in [-0.1, -0.05) is 13.3 Å². The number of alkyl halides is 3. The summed E-state index contributed by atoms with van der Waals surface area (Å²) >= 11 is 0. The lowest BCUT2D eigenvalue weighted by Gasteiger charge is -2.16. The van der Waals surface area contributed by atoms with Gasteiger partial charge >= 0.3 is 17.8 Å². The molecule has 0 aliphatic carbocycles. The average molecular weight is 412 g/mol. The fourth-order valence-corrected chi connectivity index (χ4v) is 3.21. The molecule has 2 heterocycles. The molecule has 0 unspecified atom stereocenters. The third kappa shape index (κ3) is 4.36. The lowest BCUT2D eigenvalue weighted by atomic mass is 10.0. The highest BCUT2D eigenvalue weighted by atomic mass is 19.4. The molecule has 0 radical (unpaired) electrons. The Morgan fingerprint density at radius 2 is 2.00 bits per heavy atom. The first kappa shape index (κ1) is 20.7. The number of fused-ring (bicyclic) bond motifs is 1. The van der Waals surface area contributed by atoms with Crippen molar-refractivity contribution in [1.29, 1.82) is 0 Å². The molecule has 1 fully saturated rings. The van der Waals surface area contributed by atoms with E-state index in [1.165, 1.54) is 12.1 Å².